The number of halogens is 3. The molecule has 0 saturated heterocycles. The summed E-state index contributed by atoms with van der Waals surface area (Å²) in [7, 11) is 0. The lowest BCUT2D eigenvalue weighted by atomic mass is 9.97. The van der Waals surface area contributed by atoms with Crippen molar-refractivity contribution in [1.82, 2.24) is 0 Å². The van der Waals surface area contributed by atoms with Gasteiger partial charge < -0.3 is 5.32 Å². The Labute approximate surface area is 85.3 Å². The number of hydrogen-bond donors (Lipinski definition) is 1. The molecule has 1 aromatic rings. The van der Waals surface area contributed by atoms with Crippen molar-refractivity contribution in [2.24, 2.45) is 5.92 Å². The smallest absolute Gasteiger partial charge is 0.385 e. The molecule has 1 saturated carbocycles. The van der Waals surface area contributed by atoms with Crippen LogP contribution < -0.4 is 5.32 Å². The number of nitrogens with one attached hydrogen (secondary N) is 1. The number of rotatable bonds is 0. The molecule has 1 aromatic carbocycles. The van der Waals surface area contributed by atoms with Crippen LogP contribution in [0.15, 0.2) is 18.2 Å². The molecule has 80 valence electrons. The highest BCUT2D eigenvalue weighted by Gasteiger charge is 2.47. The van der Waals surface area contributed by atoms with Gasteiger partial charge in [0.2, 0.25) is 0 Å². The first kappa shape index (κ1) is 9.07. The molecule has 0 bridgehead atoms. The summed E-state index contributed by atoms with van der Waals surface area (Å²) in [6.45, 7) is 0.818. The van der Waals surface area contributed by atoms with Gasteiger partial charge in [0.05, 0.1) is 5.56 Å². The van der Waals surface area contributed by atoms with Crippen LogP contribution in [0.25, 0.3) is 0 Å². The molecule has 3 rings (SSSR count). The zero-order chi connectivity index (χ0) is 10.6. The van der Waals surface area contributed by atoms with Crippen LogP contribution in [0, 0.1) is 5.92 Å². The third-order valence-corrected chi connectivity index (χ3v) is 3.26. The third kappa shape index (κ3) is 1.31. The summed E-state index contributed by atoms with van der Waals surface area (Å²) < 4.78 is 38.2. The maximum atomic E-state index is 12.7. The Morgan fingerprint density at radius 3 is 2.80 bits per heavy atom. The maximum absolute atomic E-state index is 12.7. The number of fused-ring (bicyclic) bond motifs is 3. The van der Waals surface area contributed by atoms with Gasteiger partial charge in [0.15, 0.2) is 0 Å². The Morgan fingerprint density at radius 1 is 1.27 bits per heavy atom. The van der Waals surface area contributed by atoms with E-state index in [0.29, 0.717) is 17.2 Å². The Morgan fingerprint density at radius 2 is 2.07 bits per heavy atom. The standard InChI is InChI=1S/C11H10F3N/c12-11(13,14)8-2-1-3-9-10(8)7-4-6(7)5-15-9/h1-3,6-7,15H,4-5H2. The van der Waals surface area contributed by atoms with Crippen molar-refractivity contribution in [3.8, 4) is 0 Å². The molecular formula is C11H10F3N. The maximum Gasteiger partial charge on any atom is 0.416 e. The quantitative estimate of drug-likeness (QED) is 0.697. The molecule has 2 aliphatic rings. The van der Waals surface area contributed by atoms with E-state index in [1.807, 2.05) is 0 Å². The highest BCUT2D eigenvalue weighted by atomic mass is 19.4. The number of benzene rings is 1. The molecule has 0 radical (unpaired) electrons. The highest BCUT2D eigenvalue weighted by Crippen LogP contribution is 2.55. The van der Waals surface area contributed by atoms with Crippen LogP contribution in [0.3, 0.4) is 0 Å². The number of alkyl halides is 3. The van der Waals surface area contributed by atoms with E-state index in [-0.39, 0.29) is 5.92 Å². The molecule has 1 heterocycles. The zero-order valence-electron chi connectivity index (χ0n) is 7.93. The fourth-order valence-corrected chi connectivity index (χ4v) is 2.43. The highest BCUT2D eigenvalue weighted by molar-refractivity contribution is 5.61. The van der Waals surface area contributed by atoms with Crippen molar-refractivity contribution in [2.75, 3.05) is 11.9 Å². The van der Waals surface area contributed by atoms with Crippen molar-refractivity contribution in [3.05, 3.63) is 29.3 Å². The van der Waals surface area contributed by atoms with Gasteiger partial charge in [-0.25, -0.2) is 0 Å². The van der Waals surface area contributed by atoms with Gasteiger partial charge in [-0.2, -0.15) is 13.2 Å². The Balaban J connectivity index is 2.16. The fourth-order valence-electron chi connectivity index (χ4n) is 2.43. The Kier molecular flexibility index (Phi) is 1.62. The van der Waals surface area contributed by atoms with Crippen molar-refractivity contribution in [3.63, 3.8) is 0 Å². The van der Waals surface area contributed by atoms with E-state index in [2.05, 4.69) is 5.32 Å². The van der Waals surface area contributed by atoms with Crippen LogP contribution in [-0.4, -0.2) is 6.54 Å². The van der Waals surface area contributed by atoms with Crippen LogP contribution in [0.5, 0.6) is 0 Å². The summed E-state index contributed by atoms with van der Waals surface area (Å²) in [6, 6.07) is 4.39. The summed E-state index contributed by atoms with van der Waals surface area (Å²) in [5.41, 5.74) is 0.699. The van der Waals surface area contributed by atoms with E-state index in [9.17, 15) is 13.2 Å². The predicted molar refractivity (Wildman–Crippen MR) is 50.8 cm³/mol. The molecule has 1 nitrogen and oxygen atoms in total. The van der Waals surface area contributed by atoms with Gasteiger partial charge in [0, 0.05) is 12.2 Å². The largest absolute Gasteiger partial charge is 0.416 e. The SMILES string of the molecule is FC(F)(F)c1cccc2c1C1CC1CN2. The van der Waals surface area contributed by atoms with Gasteiger partial charge in [-0.1, -0.05) is 6.07 Å². The molecule has 2 unspecified atom stereocenters. The normalized spacial score (nSPS) is 27.7. The Hall–Kier alpha value is -1.19. The van der Waals surface area contributed by atoms with Crippen LogP contribution in [0.2, 0.25) is 0 Å². The molecule has 1 fully saturated rings. The molecule has 1 aliphatic carbocycles. The molecule has 0 spiro atoms. The van der Waals surface area contributed by atoms with E-state index in [1.165, 1.54) is 12.1 Å². The lowest BCUT2D eigenvalue weighted by Gasteiger charge is -2.21. The average Bonchev–Trinajstić information content (AvgIpc) is 2.94. The lowest BCUT2D eigenvalue weighted by molar-refractivity contribution is -0.138. The Bertz CT molecular complexity index is 411. The molecule has 1 N–H and O–H groups in total. The summed E-state index contributed by atoms with van der Waals surface area (Å²) in [5, 5.41) is 3.07. The van der Waals surface area contributed by atoms with E-state index >= 15 is 0 Å². The monoisotopic (exact) mass is 213 g/mol. The second kappa shape index (κ2) is 2.68. The fraction of sp³-hybridized carbons (Fsp3) is 0.455. The van der Waals surface area contributed by atoms with Crippen LogP contribution in [0.4, 0.5) is 18.9 Å². The average molecular weight is 213 g/mol. The van der Waals surface area contributed by atoms with E-state index < -0.39 is 11.7 Å². The summed E-state index contributed by atoms with van der Waals surface area (Å²) in [4.78, 5) is 0. The summed E-state index contributed by atoms with van der Waals surface area (Å²) >= 11 is 0. The first-order chi connectivity index (χ1) is 7.07. The first-order valence-electron chi connectivity index (χ1n) is 5.01. The summed E-state index contributed by atoms with van der Waals surface area (Å²) in [6.07, 6.45) is -3.33. The van der Waals surface area contributed by atoms with Gasteiger partial charge in [-0.05, 0) is 36.0 Å². The van der Waals surface area contributed by atoms with Gasteiger partial charge >= 0.3 is 6.18 Å². The minimum atomic E-state index is -4.22. The van der Waals surface area contributed by atoms with Crippen molar-refractivity contribution in [2.45, 2.75) is 18.5 Å². The topological polar surface area (TPSA) is 12.0 Å². The second-order valence-electron chi connectivity index (χ2n) is 4.25. The predicted octanol–water partition coefficient (Wildman–Crippen LogP) is 3.23. The molecule has 0 amide bonds. The van der Waals surface area contributed by atoms with E-state index in [0.717, 1.165) is 13.0 Å². The van der Waals surface area contributed by atoms with Gasteiger partial charge in [0.25, 0.3) is 0 Å². The molecule has 15 heavy (non-hydrogen) atoms. The molecule has 1 aliphatic heterocycles. The van der Waals surface area contributed by atoms with Gasteiger partial charge in [-0.15, -0.1) is 0 Å². The first-order valence-corrected chi connectivity index (χ1v) is 5.01. The molecule has 0 aromatic heterocycles. The second-order valence-corrected chi connectivity index (χ2v) is 4.25. The zero-order valence-corrected chi connectivity index (χ0v) is 7.93. The van der Waals surface area contributed by atoms with Gasteiger partial charge in [0.1, 0.15) is 0 Å². The van der Waals surface area contributed by atoms with E-state index in [4.69, 9.17) is 0 Å². The van der Waals surface area contributed by atoms with Crippen LogP contribution in [-0.2, 0) is 6.18 Å². The molecular weight excluding hydrogens is 203 g/mol. The minimum Gasteiger partial charge on any atom is -0.385 e. The van der Waals surface area contributed by atoms with Crippen LogP contribution in [0.1, 0.15) is 23.5 Å². The summed E-state index contributed by atoms with van der Waals surface area (Å²) in [5.74, 6) is 0.556. The number of hydrogen-bond acceptors (Lipinski definition) is 1. The van der Waals surface area contributed by atoms with Crippen molar-refractivity contribution in [1.29, 1.82) is 0 Å². The molecule has 4 heteroatoms. The third-order valence-electron chi connectivity index (χ3n) is 3.26. The minimum absolute atomic E-state index is 0.138. The van der Waals surface area contributed by atoms with Gasteiger partial charge in [-0.3, -0.25) is 0 Å². The van der Waals surface area contributed by atoms with Crippen molar-refractivity contribution >= 4 is 5.69 Å². The molecule has 2 atom stereocenters. The van der Waals surface area contributed by atoms with E-state index in [1.54, 1.807) is 6.07 Å². The lowest BCUT2D eigenvalue weighted by Crippen LogP contribution is -2.17. The van der Waals surface area contributed by atoms with Crippen LogP contribution >= 0.6 is 0 Å². The number of anilines is 1. The van der Waals surface area contributed by atoms with Crippen molar-refractivity contribution < 1.29 is 13.2 Å².